The van der Waals surface area contributed by atoms with Crippen LogP contribution in [0.3, 0.4) is 0 Å². The van der Waals surface area contributed by atoms with Gasteiger partial charge < -0.3 is 0 Å². The number of rotatable bonds is 10. The molecule has 0 fully saturated rings. The van der Waals surface area contributed by atoms with Crippen LogP contribution in [0.5, 0.6) is 0 Å². The highest BCUT2D eigenvalue weighted by atomic mass is 14.2. The molecule has 0 aliphatic heterocycles. The summed E-state index contributed by atoms with van der Waals surface area (Å²) in [5, 5.41) is 0. The Bertz CT molecular complexity index is 180. The van der Waals surface area contributed by atoms with E-state index in [-0.39, 0.29) is 0 Å². The zero-order valence-electron chi connectivity index (χ0n) is 14.1. The lowest BCUT2D eigenvalue weighted by atomic mass is 9.81. The minimum absolute atomic E-state index is 0.843. The molecule has 0 amide bonds. The maximum Gasteiger partial charge on any atom is -0.0411 e. The fourth-order valence-electron chi connectivity index (χ4n) is 2.47. The van der Waals surface area contributed by atoms with Crippen molar-refractivity contribution in [2.24, 2.45) is 29.6 Å². The van der Waals surface area contributed by atoms with E-state index in [1.54, 1.807) is 0 Å². The van der Waals surface area contributed by atoms with Crippen LogP contribution in [0.1, 0.15) is 87.0 Å². The summed E-state index contributed by atoms with van der Waals surface area (Å²) in [5.74, 6) is 4.49. The minimum atomic E-state index is 0.843. The van der Waals surface area contributed by atoms with Crippen molar-refractivity contribution >= 4 is 0 Å². The van der Waals surface area contributed by atoms with Gasteiger partial charge in [-0.1, -0.05) is 80.6 Å². The Balaban J connectivity index is 4.15. The van der Waals surface area contributed by atoms with E-state index < -0.39 is 0 Å². The normalized spacial score (nSPS) is 17.2. The topological polar surface area (TPSA) is 0 Å². The van der Waals surface area contributed by atoms with Crippen molar-refractivity contribution in [3.63, 3.8) is 0 Å². The lowest BCUT2D eigenvalue weighted by molar-refractivity contribution is 0.268. The fraction of sp³-hybridized carbons (Fsp3) is 1.00. The molecule has 0 nitrogen and oxygen atoms in total. The van der Waals surface area contributed by atoms with Crippen LogP contribution in [0, 0.1) is 29.6 Å². The highest BCUT2D eigenvalue weighted by Crippen LogP contribution is 2.29. The molecule has 0 bridgehead atoms. The van der Waals surface area contributed by atoms with Gasteiger partial charge in [0.1, 0.15) is 0 Å². The van der Waals surface area contributed by atoms with Crippen LogP contribution in [-0.2, 0) is 0 Å². The molecule has 110 valence electrons. The average molecular weight is 255 g/mol. The van der Waals surface area contributed by atoms with Crippen LogP contribution in [0.4, 0.5) is 0 Å². The molecular formula is C18H38. The molecule has 3 atom stereocenters. The Morgan fingerprint density at radius 3 is 1.72 bits per heavy atom. The Morgan fingerprint density at radius 1 is 0.722 bits per heavy atom. The predicted octanol–water partition coefficient (Wildman–Crippen LogP) is 6.55. The summed E-state index contributed by atoms with van der Waals surface area (Å²) in [6.45, 7) is 16.6. The van der Waals surface area contributed by atoms with Crippen LogP contribution in [-0.4, -0.2) is 0 Å². The zero-order chi connectivity index (χ0) is 14.1. The second-order valence-electron chi connectivity index (χ2n) is 7.38. The van der Waals surface area contributed by atoms with E-state index in [0.29, 0.717) is 0 Å². The molecule has 3 unspecified atom stereocenters. The van der Waals surface area contributed by atoms with Gasteiger partial charge >= 0.3 is 0 Å². The molecule has 0 aromatic rings. The van der Waals surface area contributed by atoms with Crippen molar-refractivity contribution < 1.29 is 0 Å². The molecule has 0 N–H and O–H groups in total. The third-order valence-corrected chi connectivity index (χ3v) is 4.76. The number of hydrogen-bond acceptors (Lipinski definition) is 0. The average Bonchev–Trinajstić information content (AvgIpc) is 2.31. The second kappa shape index (κ2) is 9.87. The van der Waals surface area contributed by atoms with Crippen LogP contribution in [0.25, 0.3) is 0 Å². The van der Waals surface area contributed by atoms with Gasteiger partial charge in [0.15, 0.2) is 0 Å². The van der Waals surface area contributed by atoms with Crippen molar-refractivity contribution in [2.75, 3.05) is 0 Å². The first-order chi connectivity index (χ1) is 8.36. The van der Waals surface area contributed by atoms with Crippen LogP contribution < -0.4 is 0 Å². The van der Waals surface area contributed by atoms with Crippen LogP contribution in [0.2, 0.25) is 0 Å². The Hall–Kier alpha value is 0. The molecule has 0 saturated heterocycles. The van der Waals surface area contributed by atoms with Crippen molar-refractivity contribution in [2.45, 2.75) is 87.0 Å². The molecule has 0 aliphatic carbocycles. The molecule has 0 heterocycles. The molecule has 18 heavy (non-hydrogen) atoms. The van der Waals surface area contributed by atoms with E-state index in [1.165, 1.54) is 38.5 Å². The predicted molar refractivity (Wildman–Crippen MR) is 84.9 cm³/mol. The SMILES string of the molecule is CCC(C)CCC(CCC(C)C)CC(C)C(C)C. The first-order valence-corrected chi connectivity index (χ1v) is 8.36. The van der Waals surface area contributed by atoms with Gasteiger partial charge in [0, 0.05) is 0 Å². The highest BCUT2D eigenvalue weighted by Gasteiger charge is 2.16. The van der Waals surface area contributed by atoms with Gasteiger partial charge in [-0.3, -0.25) is 0 Å². The largest absolute Gasteiger partial charge is 0.0651 e. The molecule has 0 aliphatic rings. The molecule has 0 saturated carbocycles. The van der Waals surface area contributed by atoms with Crippen LogP contribution >= 0.6 is 0 Å². The lowest BCUT2D eigenvalue weighted by Crippen LogP contribution is -2.13. The van der Waals surface area contributed by atoms with Crippen LogP contribution in [0.15, 0.2) is 0 Å². The van der Waals surface area contributed by atoms with Gasteiger partial charge in [0.05, 0.1) is 0 Å². The van der Waals surface area contributed by atoms with Crippen molar-refractivity contribution in [3.05, 3.63) is 0 Å². The summed E-state index contributed by atoms with van der Waals surface area (Å²) >= 11 is 0. The second-order valence-corrected chi connectivity index (χ2v) is 7.38. The van der Waals surface area contributed by atoms with Crippen molar-refractivity contribution in [1.29, 1.82) is 0 Å². The summed E-state index contributed by atoms with van der Waals surface area (Å²) in [6, 6.07) is 0. The first kappa shape index (κ1) is 18.0. The van der Waals surface area contributed by atoms with Gasteiger partial charge in [-0.15, -0.1) is 0 Å². The standard InChI is InChI=1S/C18H38/c1-8-16(6)10-12-18(11-9-14(2)3)13-17(7)15(4)5/h14-18H,8-13H2,1-7H3. The van der Waals surface area contributed by atoms with Crippen molar-refractivity contribution in [1.82, 2.24) is 0 Å². The first-order valence-electron chi connectivity index (χ1n) is 8.36. The molecule has 0 aromatic heterocycles. The summed E-state index contributed by atoms with van der Waals surface area (Å²) in [7, 11) is 0. The van der Waals surface area contributed by atoms with Crippen molar-refractivity contribution in [3.8, 4) is 0 Å². The van der Waals surface area contributed by atoms with E-state index in [0.717, 1.165) is 29.6 Å². The van der Waals surface area contributed by atoms with Gasteiger partial charge in [-0.2, -0.15) is 0 Å². The molecule has 0 rings (SSSR count). The maximum absolute atomic E-state index is 2.44. The van der Waals surface area contributed by atoms with E-state index in [2.05, 4.69) is 48.5 Å². The van der Waals surface area contributed by atoms with E-state index in [4.69, 9.17) is 0 Å². The van der Waals surface area contributed by atoms with E-state index in [1.807, 2.05) is 0 Å². The molecule has 0 radical (unpaired) electrons. The fourth-order valence-corrected chi connectivity index (χ4v) is 2.47. The Morgan fingerprint density at radius 2 is 1.28 bits per heavy atom. The number of hydrogen-bond donors (Lipinski definition) is 0. The monoisotopic (exact) mass is 254 g/mol. The third kappa shape index (κ3) is 9.00. The summed E-state index contributed by atoms with van der Waals surface area (Å²) in [6.07, 6.45) is 8.54. The van der Waals surface area contributed by atoms with Gasteiger partial charge in [-0.05, 0) is 36.0 Å². The van der Waals surface area contributed by atoms with Gasteiger partial charge in [-0.25, -0.2) is 0 Å². The summed E-state index contributed by atoms with van der Waals surface area (Å²) in [5.41, 5.74) is 0. The maximum atomic E-state index is 2.44. The summed E-state index contributed by atoms with van der Waals surface area (Å²) in [4.78, 5) is 0. The zero-order valence-corrected chi connectivity index (χ0v) is 14.1. The van der Waals surface area contributed by atoms with Gasteiger partial charge in [0.25, 0.3) is 0 Å². The third-order valence-electron chi connectivity index (χ3n) is 4.76. The molecule has 0 heteroatoms. The summed E-state index contributed by atoms with van der Waals surface area (Å²) < 4.78 is 0. The van der Waals surface area contributed by atoms with Gasteiger partial charge in [0.2, 0.25) is 0 Å². The Labute approximate surface area is 117 Å². The lowest BCUT2D eigenvalue weighted by Gasteiger charge is -2.25. The smallest absolute Gasteiger partial charge is 0.0411 e. The van der Waals surface area contributed by atoms with E-state index >= 15 is 0 Å². The molecule has 0 spiro atoms. The quantitative estimate of drug-likeness (QED) is 0.415. The minimum Gasteiger partial charge on any atom is -0.0651 e. The highest BCUT2D eigenvalue weighted by molar-refractivity contribution is 4.68. The van der Waals surface area contributed by atoms with E-state index in [9.17, 15) is 0 Å². The molecular weight excluding hydrogens is 216 g/mol. The Kier molecular flexibility index (Phi) is 9.87. The molecule has 0 aromatic carbocycles.